The van der Waals surface area contributed by atoms with Crippen LogP contribution in [0.2, 0.25) is 0 Å². The molecule has 0 aliphatic carbocycles. The first-order valence-electron chi connectivity index (χ1n) is 7.40. The summed E-state index contributed by atoms with van der Waals surface area (Å²) >= 11 is 1.47. The molecule has 2 aromatic rings. The van der Waals surface area contributed by atoms with Gasteiger partial charge in [0.25, 0.3) is 0 Å². The SMILES string of the molecule is CCCN(Cc1cnc(N)s1)C(C)C(=O)Nc1ccccc1. The van der Waals surface area contributed by atoms with Gasteiger partial charge >= 0.3 is 0 Å². The molecule has 0 aliphatic heterocycles. The van der Waals surface area contributed by atoms with E-state index in [1.807, 2.05) is 37.3 Å². The maximum atomic E-state index is 12.4. The van der Waals surface area contributed by atoms with Gasteiger partial charge in [0.15, 0.2) is 5.13 Å². The summed E-state index contributed by atoms with van der Waals surface area (Å²) < 4.78 is 0. The zero-order valence-electron chi connectivity index (χ0n) is 13.0. The van der Waals surface area contributed by atoms with E-state index in [1.54, 1.807) is 6.20 Å². The van der Waals surface area contributed by atoms with Crippen LogP contribution in [0.3, 0.4) is 0 Å². The minimum absolute atomic E-state index is 0.00265. The molecule has 1 unspecified atom stereocenters. The van der Waals surface area contributed by atoms with Crippen molar-refractivity contribution in [2.45, 2.75) is 32.9 Å². The molecule has 1 aromatic carbocycles. The predicted molar refractivity (Wildman–Crippen MR) is 91.8 cm³/mol. The second-order valence-corrected chi connectivity index (χ2v) is 6.31. The Kier molecular flexibility index (Phi) is 5.91. The molecular formula is C16H22N4OS. The van der Waals surface area contributed by atoms with Crippen LogP contribution in [0.5, 0.6) is 0 Å². The molecule has 6 heteroatoms. The average Bonchev–Trinajstić information content (AvgIpc) is 2.92. The quantitative estimate of drug-likeness (QED) is 0.823. The fraction of sp³-hybridized carbons (Fsp3) is 0.375. The highest BCUT2D eigenvalue weighted by Gasteiger charge is 2.21. The van der Waals surface area contributed by atoms with Crippen LogP contribution in [0.1, 0.15) is 25.1 Å². The Hall–Kier alpha value is -1.92. The Labute approximate surface area is 135 Å². The fourth-order valence-corrected chi connectivity index (χ4v) is 2.94. The van der Waals surface area contributed by atoms with E-state index in [2.05, 4.69) is 22.1 Å². The molecular weight excluding hydrogens is 296 g/mol. The summed E-state index contributed by atoms with van der Waals surface area (Å²) in [6, 6.07) is 9.30. The number of carbonyl (C=O) groups excluding carboxylic acids is 1. The van der Waals surface area contributed by atoms with Crippen molar-refractivity contribution in [2.24, 2.45) is 0 Å². The van der Waals surface area contributed by atoms with Gasteiger partial charge in [0.2, 0.25) is 5.91 Å². The lowest BCUT2D eigenvalue weighted by atomic mass is 10.2. The molecule has 0 radical (unpaired) electrons. The van der Waals surface area contributed by atoms with Crippen molar-refractivity contribution < 1.29 is 4.79 Å². The number of benzene rings is 1. The number of rotatable bonds is 7. The minimum Gasteiger partial charge on any atom is -0.375 e. The summed E-state index contributed by atoms with van der Waals surface area (Å²) in [4.78, 5) is 19.7. The largest absolute Gasteiger partial charge is 0.375 e. The Bertz CT molecular complexity index is 599. The molecule has 1 aromatic heterocycles. The van der Waals surface area contributed by atoms with E-state index < -0.39 is 0 Å². The molecule has 1 heterocycles. The topological polar surface area (TPSA) is 71.2 Å². The minimum atomic E-state index is -0.219. The van der Waals surface area contributed by atoms with Gasteiger partial charge < -0.3 is 11.1 Å². The summed E-state index contributed by atoms with van der Waals surface area (Å²) in [5.74, 6) is -0.00265. The van der Waals surface area contributed by atoms with Crippen molar-refractivity contribution in [1.82, 2.24) is 9.88 Å². The number of carbonyl (C=O) groups is 1. The highest BCUT2D eigenvalue weighted by atomic mass is 32.1. The lowest BCUT2D eigenvalue weighted by molar-refractivity contribution is -0.121. The third-order valence-electron chi connectivity index (χ3n) is 3.41. The summed E-state index contributed by atoms with van der Waals surface area (Å²) in [5, 5.41) is 3.52. The Morgan fingerprint density at radius 3 is 2.73 bits per heavy atom. The monoisotopic (exact) mass is 318 g/mol. The number of nitrogens with two attached hydrogens (primary N) is 1. The number of amides is 1. The number of nitrogen functional groups attached to an aromatic ring is 1. The predicted octanol–water partition coefficient (Wildman–Crippen LogP) is 2.96. The zero-order valence-corrected chi connectivity index (χ0v) is 13.8. The lowest BCUT2D eigenvalue weighted by Crippen LogP contribution is -2.41. The van der Waals surface area contributed by atoms with Gasteiger partial charge in [-0.05, 0) is 32.0 Å². The van der Waals surface area contributed by atoms with E-state index in [9.17, 15) is 4.79 Å². The maximum absolute atomic E-state index is 12.4. The van der Waals surface area contributed by atoms with Crippen molar-refractivity contribution in [3.8, 4) is 0 Å². The molecule has 5 nitrogen and oxygen atoms in total. The van der Waals surface area contributed by atoms with Crippen molar-refractivity contribution in [2.75, 3.05) is 17.6 Å². The molecule has 0 saturated heterocycles. The van der Waals surface area contributed by atoms with Crippen LogP contribution in [-0.2, 0) is 11.3 Å². The first-order chi connectivity index (χ1) is 10.6. The average molecular weight is 318 g/mol. The highest BCUT2D eigenvalue weighted by molar-refractivity contribution is 7.15. The van der Waals surface area contributed by atoms with Crippen molar-refractivity contribution in [1.29, 1.82) is 0 Å². The number of thiazole rings is 1. The Morgan fingerprint density at radius 1 is 1.41 bits per heavy atom. The van der Waals surface area contributed by atoms with Crippen LogP contribution in [-0.4, -0.2) is 28.4 Å². The van der Waals surface area contributed by atoms with Gasteiger partial charge in [-0.15, -0.1) is 11.3 Å². The molecule has 1 amide bonds. The number of aromatic nitrogens is 1. The Balaban J connectivity index is 2.01. The van der Waals surface area contributed by atoms with E-state index in [0.717, 1.165) is 23.5 Å². The van der Waals surface area contributed by atoms with Gasteiger partial charge in [-0.2, -0.15) is 0 Å². The second kappa shape index (κ2) is 7.91. The van der Waals surface area contributed by atoms with Gasteiger partial charge in [0.1, 0.15) is 0 Å². The molecule has 0 fully saturated rings. The van der Waals surface area contributed by atoms with Crippen LogP contribution in [0, 0.1) is 0 Å². The number of para-hydroxylation sites is 1. The van der Waals surface area contributed by atoms with Gasteiger partial charge in [-0.3, -0.25) is 9.69 Å². The van der Waals surface area contributed by atoms with Crippen molar-refractivity contribution >= 4 is 28.1 Å². The standard InChI is InChI=1S/C16H22N4OS/c1-3-9-20(11-14-10-18-16(17)22-14)12(2)15(21)19-13-7-5-4-6-8-13/h4-8,10,12H,3,9,11H2,1-2H3,(H2,17,18)(H,19,21). The van der Waals surface area contributed by atoms with E-state index in [-0.39, 0.29) is 11.9 Å². The zero-order chi connectivity index (χ0) is 15.9. The summed E-state index contributed by atoms with van der Waals surface area (Å²) in [5.41, 5.74) is 6.49. The molecule has 0 bridgehead atoms. The normalized spacial score (nSPS) is 12.3. The molecule has 0 spiro atoms. The van der Waals surface area contributed by atoms with Crippen LogP contribution >= 0.6 is 11.3 Å². The maximum Gasteiger partial charge on any atom is 0.241 e. The summed E-state index contributed by atoms with van der Waals surface area (Å²) in [6.07, 6.45) is 2.77. The third kappa shape index (κ3) is 4.54. The van der Waals surface area contributed by atoms with Crippen LogP contribution in [0.25, 0.3) is 0 Å². The molecule has 0 aliphatic rings. The van der Waals surface area contributed by atoms with Gasteiger partial charge in [-0.1, -0.05) is 25.1 Å². The number of nitrogens with zero attached hydrogens (tertiary/aromatic N) is 2. The smallest absolute Gasteiger partial charge is 0.241 e. The van der Waals surface area contributed by atoms with Crippen molar-refractivity contribution in [3.05, 3.63) is 41.4 Å². The van der Waals surface area contributed by atoms with Crippen molar-refractivity contribution in [3.63, 3.8) is 0 Å². The highest BCUT2D eigenvalue weighted by Crippen LogP contribution is 2.18. The molecule has 3 N–H and O–H groups in total. The molecule has 2 rings (SSSR count). The van der Waals surface area contributed by atoms with E-state index >= 15 is 0 Å². The molecule has 0 saturated carbocycles. The molecule has 1 atom stereocenters. The van der Waals surface area contributed by atoms with Gasteiger partial charge in [0, 0.05) is 23.3 Å². The van der Waals surface area contributed by atoms with Gasteiger partial charge in [0.05, 0.1) is 6.04 Å². The number of anilines is 2. The van der Waals surface area contributed by atoms with E-state index in [1.165, 1.54) is 11.3 Å². The fourth-order valence-electron chi connectivity index (χ4n) is 2.23. The Morgan fingerprint density at radius 2 is 2.14 bits per heavy atom. The van der Waals surface area contributed by atoms with Crippen LogP contribution in [0.4, 0.5) is 10.8 Å². The number of hydrogen-bond donors (Lipinski definition) is 2. The first kappa shape index (κ1) is 16.5. The molecule has 22 heavy (non-hydrogen) atoms. The molecule has 118 valence electrons. The van der Waals surface area contributed by atoms with E-state index in [4.69, 9.17) is 5.73 Å². The van der Waals surface area contributed by atoms with E-state index in [0.29, 0.717) is 11.7 Å². The van der Waals surface area contributed by atoms with Crippen LogP contribution < -0.4 is 11.1 Å². The first-order valence-corrected chi connectivity index (χ1v) is 8.22. The number of nitrogens with one attached hydrogen (secondary N) is 1. The van der Waals surface area contributed by atoms with Crippen LogP contribution in [0.15, 0.2) is 36.5 Å². The second-order valence-electron chi connectivity index (χ2n) is 5.17. The third-order valence-corrected chi connectivity index (χ3v) is 4.22. The number of hydrogen-bond acceptors (Lipinski definition) is 5. The summed E-state index contributed by atoms with van der Waals surface area (Å²) in [7, 11) is 0. The van der Waals surface area contributed by atoms with Gasteiger partial charge in [-0.25, -0.2) is 4.98 Å². The summed E-state index contributed by atoms with van der Waals surface area (Å²) in [6.45, 7) is 5.57. The lowest BCUT2D eigenvalue weighted by Gasteiger charge is -2.27.